The van der Waals surface area contributed by atoms with E-state index in [4.69, 9.17) is 4.98 Å². The summed E-state index contributed by atoms with van der Waals surface area (Å²) in [6.07, 6.45) is 10.1. The minimum absolute atomic E-state index is 0.366. The van der Waals surface area contributed by atoms with Gasteiger partial charge in [-0.1, -0.05) is 68.1 Å². The number of piperidine rings is 1. The standard InChI is InChI=1S/C27H33N3O/c31-27(15-14-21-8-4-5-9-21)29-18-16-23(17-19-29)30-25-13-7-6-12-24(25)28-26(30)20-22-10-2-1-3-11-22/h1-3,6-7,10-13,21,23H,4-5,8-9,14-20H2. The lowest BCUT2D eigenvalue weighted by Gasteiger charge is -2.34. The first-order chi connectivity index (χ1) is 15.3. The molecule has 2 heterocycles. The maximum Gasteiger partial charge on any atom is 0.222 e. The Hall–Kier alpha value is -2.62. The highest BCUT2D eigenvalue weighted by atomic mass is 16.2. The first-order valence-corrected chi connectivity index (χ1v) is 12.1. The van der Waals surface area contributed by atoms with Crippen molar-refractivity contribution in [3.8, 4) is 0 Å². The molecule has 1 saturated heterocycles. The van der Waals surface area contributed by atoms with Crippen LogP contribution in [-0.4, -0.2) is 33.4 Å². The van der Waals surface area contributed by atoms with Crippen LogP contribution in [0.4, 0.5) is 0 Å². The molecule has 0 unspecified atom stereocenters. The number of fused-ring (bicyclic) bond motifs is 1. The molecule has 2 aromatic carbocycles. The smallest absolute Gasteiger partial charge is 0.222 e. The number of nitrogens with zero attached hydrogens (tertiary/aromatic N) is 3. The van der Waals surface area contributed by atoms with E-state index in [1.54, 1.807) is 0 Å². The zero-order valence-corrected chi connectivity index (χ0v) is 18.4. The Kier molecular flexibility index (Phi) is 6.06. The molecule has 0 N–H and O–H groups in total. The van der Waals surface area contributed by atoms with Gasteiger partial charge in [-0.2, -0.15) is 0 Å². The van der Waals surface area contributed by atoms with E-state index >= 15 is 0 Å². The molecule has 5 rings (SSSR count). The number of likely N-dealkylation sites (tertiary alicyclic amines) is 1. The second kappa shape index (κ2) is 9.25. The monoisotopic (exact) mass is 415 g/mol. The molecule has 4 heteroatoms. The van der Waals surface area contributed by atoms with Crippen LogP contribution in [0.25, 0.3) is 11.0 Å². The summed E-state index contributed by atoms with van der Waals surface area (Å²) in [7, 11) is 0. The molecular weight excluding hydrogens is 382 g/mol. The Morgan fingerprint density at radius 2 is 1.61 bits per heavy atom. The molecule has 1 aliphatic carbocycles. The highest BCUT2D eigenvalue weighted by Crippen LogP contribution is 2.31. The van der Waals surface area contributed by atoms with Crippen molar-refractivity contribution in [1.29, 1.82) is 0 Å². The summed E-state index contributed by atoms with van der Waals surface area (Å²) in [6, 6.07) is 19.5. The number of imidazole rings is 1. The molecule has 4 nitrogen and oxygen atoms in total. The lowest BCUT2D eigenvalue weighted by molar-refractivity contribution is -0.132. The molecule has 0 radical (unpaired) electrons. The minimum Gasteiger partial charge on any atom is -0.343 e. The quantitative estimate of drug-likeness (QED) is 0.513. The van der Waals surface area contributed by atoms with Crippen LogP contribution in [0.1, 0.15) is 68.8 Å². The summed E-state index contributed by atoms with van der Waals surface area (Å²) in [6.45, 7) is 1.73. The summed E-state index contributed by atoms with van der Waals surface area (Å²) in [5.74, 6) is 2.29. The second-order valence-electron chi connectivity index (χ2n) is 9.35. The van der Waals surface area contributed by atoms with E-state index in [9.17, 15) is 4.79 Å². The van der Waals surface area contributed by atoms with Crippen molar-refractivity contribution in [1.82, 2.24) is 14.5 Å². The predicted molar refractivity (Wildman–Crippen MR) is 125 cm³/mol. The van der Waals surface area contributed by atoms with Crippen LogP contribution in [0, 0.1) is 5.92 Å². The van der Waals surface area contributed by atoms with Gasteiger partial charge in [0.15, 0.2) is 0 Å². The molecule has 1 aromatic heterocycles. The Morgan fingerprint density at radius 1 is 0.903 bits per heavy atom. The number of hydrogen-bond acceptors (Lipinski definition) is 2. The lowest BCUT2D eigenvalue weighted by Crippen LogP contribution is -2.39. The molecular formula is C27H33N3O. The summed E-state index contributed by atoms with van der Waals surface area (Å²) >= 11 is 0. The fourth-order valence-electron chi connectivity index (χ4n) is 5.56. The third-order valence-electron chi connectivity index (χ3n) is 7.30. The number of hydrogen-bond donors (Lipinski definition) is 0. The Bertz CT molecular complexity index is 1010. The van der Waals surface area contributed by atoms with E-state index < -0.39 is 0 Å². The van der Waals surface area contributed by atoms with Crippen LogP contribution >= 0.6 is 0 Å². The summed E-state index contributed by atoms with van der Waals surface area (Å²) in [5, 5.41) is 0. The fourth-order valence-corrected chi connectivity index (χ4v) is 5.56. The molecule has 162 valence electrons. The first kappa shape index (κ1) is 20.3. The highest BCUT2D eigenvalue weighted by Gasteiger charge is 2.27. The SMILES string of the molecule is O=C(CCC1CCCC1)N1CCC(n2c(Cc3ccccc3)nc3ccccc32)CC1. The topological polar surface area (TPSA) is 38.1 Å². The van der Waals surface area contributed by atoms with Crippen molar-refractivity contribution in [2.24, 2.45) is 5.92 Å². The van der Waals surface area contributed by atoms with Crippen LogP contribution in [0.5, 0.6) is 0 Å². The van der Waals surface area contributed by atoms with Gasteiger partial charge in [-0.3, -0.25) is 4.79 Å². The van der Waals surface area contributed by atoms with Gasteiger partial charge in [0.2, 0.25) is 5.91 Å². The molecule has 1 saturated carbocycles. The molecule has 2 fully saturated rings. The Balaban J connectivity index is 1.28. The van der Waals surface area contributed by atoms with Crippen molar-refractivity contribution in [2.75, 3.05) is 13.1 Å². The van der Waals surface area contributed by atoms with E-state index in [1.165, 1.54) is 36.8 Å². The van der Waals surface area contributed by atoms with E-state index in [-0.39, 0.29) is 0 Å². The highest BCUT2D eigenvalue weighted by molar-refractivity contribution is 5.77. The number of carbonyl (C=O) groups excluding carboxylic acids is 1. The number of para-hydroxylation sites is 2. The second-order valence-corrected chi connectivity index (χ2v) is 9.35. The van der Waals surface area contributed by atoms with Crippen molar-refractivity contribution in [3.63, 3.8) is 0 Å². The van der Waals surface area contributed by atoms with Crippen molar-refractivity contribution >= 4 is 16.9 Å². The molecule has 1 aliphatic heterocycles. The number of aromatic nitrogens is 2. The summed E-state index contributed by atoms with van der Waals surface area (Å²) in [4.78, 5) is 19.9. The number of amides is 1. The van der Waals surface area contributed by atoms with Crippen LogP contribution in [0.2, 0.25) is 0 Å². The van der Waals surface area contributed by atoms with Gasteiger partial charge in [-0.15, -0.1) is 0 Å². The van der Waals surface area contributed by atoms with E-state index in [2.05, 4.69) is 64.1 Å². The van der Waals surface area contributed by atoms with Crippen LogP contribution in [0.15, 0.2) is 54.6 Å². The zero-order valence-electron chi connectivity index (χ0n) is 18.4. The van der Waals surface area contributed by atoms with Crippen molar-refractivity contribution in [2.45, 2.75) is 63.8 Å². The molecule has 31 heavy (non-hydrogen) atoms. The van der Waals surface area contributed by atoms with Crippen LogP contribution in [0.3, 0.4) is 0 Å². The summed E-state index contributed by atoms with van der Waals surface area (Å²) < 4.78 is 2.46. The van der Waals surface area contributed by atoms with Gasteiger partial charge in [0, 0.05) is 32.0 Å². The van der Waals surface area contributed by atoms with E-state index in [0.717, 1.165) is 62.5 Å². The maximum absolute atomic E-state index is 12.8. The first-order valence-electron chi connectivity index (χ1n) is 12.1. The molecule has 1 amide bonds. The lowest BCUT2D eigenvalue weighted by atomic mass is 9.99. The number of carbonyl (C=O) groups is 1. The van der Waals surface area contributed by atoms with Gasteiger partial charge in [0.25, 0.3) is 0 Å². The van der Waals surface area contributed by atoms with E-state index in [1.807, 2.05) is 0 Å². The van der Waals surface area contributed by atoms with E-state index in [0.29, 0.717) is 11.9 Å². The van der Waals surface area contributed by atoms with Gasteiger partial charge in [0.05, 0.1) is 11.0 Å². The number of rotatable bonds is 6. The summed E-state index contributed by atoms with van der Waals surface area (Å²) in [5.41, 5.74) is 3.58. The number of benzene rings is 2. The average Bonchev–Trinajstić information content (AvgIpc) is 3.46. The molecule has 0 atom stereocenters. The van der Waals surface area contributed by atoms with Gasteiger partial charge in [-0.05, 0) is 42.9 Å². The van der Waals surface area contributed by atoms with Crippen LogP contribution < -0.4 is 0 Å². The largest absolute Gasteiger partial charge is 0.343 e. The van der Waals surface area contributed by atoms with Crippen molar-refractivity contribution < 1.29 is 4.79 Å². The van der Waals surface area contributed by atoms with Gasteiger partial charge < -0.3 is 9.47 Å². The maximum atomic E-state index is 12.8. The zero-order chi connectivity index (χ0) is 21.0. The minimum atomic E-state index is 0.366. The molecule has 3 aromatic rings. The molecule has 0 spiro atoms. The third kappa shape index (κ3) is 4.53. The fraction of sp³-hybridized carbons (Fsp3) is 0.481. The Morgan fingerprint density at radius 3 is 2.39 bits per heavy atom. The predicted octanol–water partition coefficient (Wildman–Crippen LogP) is 5.76. The average molecular weight is 416 g/mol. The Labute approximate surface area is 185 Å². The molecule has 0 bridgehead atoms. The third-order valence-corrected chi connectivity index (χ3v) is 7.30. The normalized spacial score (nSPS) is 18.1. The van der Waals surface area contributed by atoms with Crippen LogP contribution in [-0.2, 0) is 11.2 Å². The van der Waals surface area contributed by atoms with Gasteiger partial charge >= 0.3 is 0 Å². The van der Waals surface area contributed by atoms with Gasteiger partial charge in [0.1, 0.15) is 5.82 Å². The van der Waals surface area contributed by atoms with Crippen molar-refractivity contribution in [3.05, 3.63) is 66.0 Å². The molecule has 2 aliphatic rings. The van der Waals surface area contributed by atoms with Gasteiger partial charge in [-0.25, -0.2) is 4.98 Å².